The minimum atomic E-state index is -4.53. The SMILES string of the molecule is [B]P1(=O)OC[C@@H]2O[C@H](n3cnc4c(=O)[nH]c(N)nc43)[C@@H](O)[C@H]2OP([B])(=S)OC[C@H]2O[C@@H](n3cnc4c(=O)[nH]c(NCCC(C)C)nc43)[C@H](O)[C@@H]2O1. The summed E-state index contributed by atoms with van der Waals surface area (Å²) in [6.07, 6.45) is -11.4. The van der Waals surface area contributed by atoms with Gasteiger partial charge in [0.25, 0.3) is 18.6 Å². The molecule has 3 fully saturated rings. The van der Waals surface area contributed by atoms with Gasteiger partial charge in [0.1, 0.15) is 43.0 Å². The Morgan fingerprint density at radius 2 is 1.51 bits per heavy atom. The van der Waals surface area contributed by atoms with Gasteiger partial charge in [0, 0.05) is 6.54 Å². The van der Waals surface area contributed by atoms with E-state index in [1.165, 1.54) is 21.8 Å². The molecule has 21 nitrogen and oxygen atoms in total. The number of imidazole rings is 2. The van der Waals surface area contributed by atoms with Gasteiger partial charge in [0.05, 0.1) is 25.9 Å². The first-order valence-electron chi connectivity index (χ1n) is 15.6. The van der Waals surface area contributed by atoms with Crippen LogP contribution < -0.4 is 22.2 Å². The van der Waals surface area contributed by atoms with Gasteiger partial charge in [-0.2, -0.15) is 9.97 Å². The molecule has 51 heavy (non-hydrogen) atoms. The standard InChI is InChI=1S/C25H32B2N10O11P2S/c1-9(2)3-4-29-25-33-19-13(21(41)35-25)31-8-37(19)22-14(38)16-11(46-22)6-44-50(27,51)48-17-10(5-43-49(26,42)47-16)45-23(15(17)39)36-7-30-12-18(36)32-24(28)34-20(12)40/h7-11,14-17,22-23,38-39H,3-6H2,1-2H3,(H3,28,32,34,40)(H2,29,33,35,41)/t10-,11+,14+,15-,16+,17-,22+,23-,49?,50?/m0/s1. The minimum Gasteiger partial charge on any atom is -0.386 e. The monoisotopic (exact) mass is 764 g/mol. The van der Waals surface area contributed by atoms with E-state index in [0.29, 0.717) is 12.5 Å². The van der Waals surface area contributed by atoms with E-state index in [0.717, 1.165) is 6.42 Å². The number of nitrogen functional groups attached to an aromatic ring is 1. The maximum Gasteiger partial charge on any atom is 0.280 e. The third-order valence-corrected chi connectivity index (χ3v) is 11.1. The number of rotatable bonds is 6. The number of anilines is 2. The van der Waals surface area contributed by atoms with E-state index < -0.39 is 87.3 Å². The van der Waals surface area contributed by atoms with Crippen LogP contribution in [0.3, 0.4) is 0 Å². The lowest BCUT2D eigenvalue weighted by atomic mass is 10.1. The van der Waals surface area contributed by atoms with Crippen LogP contribution in [0.1, 0.15) is 32.7 Å². The molecule has 0 aromatic carbocycles. The maximum atomic E-state index is 13.5. The van der Waals surface area contributed by atoms with Crippen LogP contribution in [0.2, 0.25) is 0 Å². The second-order valence-corrected chi connectivity index (χ2v) is 17.2. The van der Waals surface area contributed by atoms with Crippen molar-refractivity contribution in [1.82, 2.24) is 39.0 Å². The number of aromatic amines is 2. The summed E-state index contributed by atoms with van der Waals surface area (Å²) in [4.78, 5) is 46.8. The Labute approximate surface area is 295 Å². The van der Waals surface area contributed by atoms with E-state index in [2.05, 4.69) is 49.1 Å². The Balaban J connectivity index is 1.14. The highest BCUT2D eigenvalue weighted by Crippen LogP contribution is 2.53. The molecule has 4 aromatic rings. The van der Waals surface area contributed by atoms with Crippen LogP contribution >= 0.6 is 13.8 Å². The fourth-order valence-electron chi connectivity index (χ4n) is 5.99. The highest BCUT2D eigenvalue weighted by atomic mass is 32.4. The number of H-pyrrole nitrogens is 2. The Hall–Kier alpha value is -3.01. The Morgan fingerprint density at radius 3 is 2.12 bits per heavy atom. The molecule has 7 rings (SSSR count). The quantitative estimate of drug-likeness (QED) is 0.105. The maximum absolute atomic E-state index is 13.5. The number of hydrogen-bond donors (Lipinski definition) is 6. The number of aliphatic hydroxyl groups is 2. The van der Waals surface area contributed by atoms with E-state index in [-0.39, 0.29) is 34.2 Å². The summed E-state index contributed by atoms with van der Waals surface area (Å²) in [5.74, 6) is 0.381. The van der Waals surface area contributed by atoms with Crippen molar-refractivity contribution < 1.29 is 42.3 Å². The number of fused-ring (bicyclic) bond motifs is 4. The minimum absolute atomic E-state index is 0.00703. The number of aromatic nitrogens is 8. The normalized spacial score (nSPS) is 34.7. The van der Waals surface area contributed by atoms with E-state index in [4.69, 9.17) is 60.2 Å². The molecule has 0 bridgehead atoms. The van der Waals surface area contributed by atoms with Crippen LogP contribution in [0.4, 0.5) is 11.9 Å². The lowest BCUT2D eigenvalue weighted by molar-refractivity contribution is -0.0547. The van der Waals surface area contributed by atoms with Crippen LogP contribution in [0.25, 0.3) is 22.3 Å². The molecule has 10 atom stereocenters. The van der Waals surface area contributed by atoms with Crippen LogP contribution in [0, 0.1) is 5.92 Å². The zero-order valence-corrected chi connectivity index (χ0v) is 29.6. The van der Waals surface area contributed by atoms with Gasteiger partial charge in [-0.1, -0.05) is 13.8 Å². The average Bonchev–Trinajstić information content (AvgIpc) is 3.80. The highest BCUT2D eigenvalue weighted by Gasteiger charge is 2.52. The third kappa shape index (κ3) is 7.19. The second kappa shape index (κ2) is 13.8. The molecule has 0 aliphatic carbocycles. The molecule has 0 amide bonds. The van der Waals surface area contributed by atoms with E-state index in [1.807, 2.05) is 0 Å². The Morgan fingerprint density at radius 1 is 0.961 bits per heavy atom. The number of hydrogen-bond acceptors (Lipinski definition) is 18. The van der Waals surface area contributed by atoms with Gasteiger partial charge in [-0.3, -0.25) is 33.3 Å². The van der Waals surface area contributed by atoms with Crippen molar-refractivity contribution in [3.63, 3.8) is 0 Å². The molecule has 0 spiro atoms. The molecule has 7 heterocycles. The molecule has 2 unspecified atom stereocenters. The summed E-state index contributed by atoms with van der Waals surface area (Å²) in [7, 11) is 7.77. The van der Waals surface area contributed by atoms with Gasteiger partial charge in [-0.15, -0.1) is 0 Å². The summed E-state index contributed by atoms with van der Waals surface area (Å²) in [5.41, 5.74) is 4.52. The lowest BCUT2D eigenvalue weighted by Gasteiger charge is -2.31. The molecule has 7 N–H and O–H groups in total. The first kappa shape index (κ1) is 36.4. The van der Waals surface area contributed by atoms with Crippen LogP contribution in [0.15, 0.2) is 22.2 Å². The van der Waals surface area contributed by atoms with E-state index in [1.54, 1.807) is 0 Å². The predicted octanol–water partition coefficient (Wildman–Crippen LogP) is -0.704. The first-order valence-corrected chi connectivity index (χ1v) is 20.0. The fourth-order valence-corrected chi connectivity index (χ4v) is 8.50. The van der Waals surface area contributed by atoms with Gasteiger partial charge < -0.3 is 48.8 Å². The summed E-state index contributed by atoms with van der Waals surface area (Å²) in [5, 5.41) is 25.9. The van der Waals surface area contributed by atoms with Gasteiger partial charge in [-0.25, -0.2) is 9.97 Å². The molecular weight excluding hydrogens is 732 g/mol. The summed E-state index contributed by atoms with van der Waals surface area (Å²) >= 11 is 5.47. The zero-order valence-electron chi connectivity index (χ0n) is 27.0. The van der Waals surface area contributed by atoms with Crippen molar-refractivity contribution in [2.24, 2.45) is 5.92 Å². The van der Waals surface area contributed by atoms with E-state index >= 15 is 0 Å². The molecule has 4 aromatic heterocycles. The largest absolute Gasteiger partial charge is 0.386 e. The summed E-state index contributed by atoms with van der Waals surface area (Å²) in [6, 6.07) is 0. The number of nitrogens with one attached hydrogen (secondary N) is 3. The van der Waals surface area contributed by atoms with E-state index in [9.17, 15) is 24.4 Å². The third-order valence-electron chi connectivity index (χ3n) is 8.44. The Bertz CT molecular complexity index is 2170. The van der Waals surface area contributed by atoms with Crippen molar-refractivity contribution in [2.45, 2.75) is 69.3 Å². The van der Waals surface area contributed by atoms with Crippen molar-refractivity contribution >= 4 is 75.0 Å². The van der Waals surface area contributed by atoms with Crippen LogP contribution in [-0.2, 0) is 43.9 Å². The molecule has 0 saturated carbocycles. The van der Waals surface area contributed by atoms with Gasteiger partial charge in [-0.05, 0) is 24.1 Å². The van der Waals surface area contributed by atoms with Gasteiger partial charge >= 0.3 is 0 Å². The molecule has 4 radical (unpaired) electrons. The van der Waals surface area contributed by atoms with Crippen molar-refractivity contribution in [3.05, 3.63) is 33.4 Å². The van der Waals surface area contributed by atoms with Gasteiger partial charge in [0.15, 0.2) is 42.3 Å². The molecule has 3 aliphatic heterocycles. The van der Waals surface area contributed by atoms with Crippen LogP contribution in [0.5, 0.6) is 0 Å². The number of nitrogens with two attached hydrogens (primary N) is 1. The topological polar surface area (TPSA) is 278 Å². The predicted molar refractivity (Wildman–Crippen MR) is 184 cm³/mol. The summed E-state index contributed by atoms with van der Waals surface area (Å²) < 4.78 is 51.1. The number of aliphatic hydroxyl groups excluding tert-OH is 2. The van der Waals surface area contributed by atoms with Gasteiger partial charge in [0.2, 0.25) is 19.5 Å². The molecule has 26 heteroatoms. The smallest absolute Gasteiger partial charge is 0.280 e. The molecule has 3 saturated heterocycles. The van der Waals surface area contributed by atoms with Crippen molar-refractivity contribution in [1.29, 1.82) is 0 Å². The average molecular weight is 764 g/mol. The molecular formula is C25H32B2N10O11P2S. The van der Waals surface area contributed by atoms with Crippen molar-refractivity contribution in [3.8, 4) is 0 Å². The number of ether oxygens (including phenoxy) is 2. The Kier molecular flexibility index (Phi) is 9.81. The van der Waals surface area contributed by atoms with Crippen molar-refractivity contribution in [2.75, 3.05) is 30.8 Å². The number of nitrogens with zero attached hydrogens (tertiary/aromatic N) is 6. The second-order valence-electron chi connectivity index (χ2n) is 12.5. The fraction of sp³-hybridized carbons (Fsp3) is 0.600. The lowest BCUT2D eigenvalue weighted by Crippen LogP contribution is -2.39. The van der Waals surface area contributed by atoms with Crippen LogP contribution in [-0.4, -0.2) is 121 Å². The molecule has 3 aliphatic rings. The first-order chi connectivity index (χ1) is 24.1. The summed E-state index contributed by atoms with van der Waals surface area (Å²) in [6.45, 7) is 3.59. The zero-order chi connectivity index (χ0) is 36.4. The highest BCUT2D eigenvalue weighted by molar-refractivity contribution is 8.21. The molecule has 270 valence electrons.